The first-order valence-corrected chi connectivity index (χ1v) is 5.05. The molecule has 0 aliphatic rings. The second kappa shape index (κ2) is 4.82. The molecular formula is C13H11F2NO. The molecule has 0 saturated carbocycles. The van der Waals surface area contributed by atoms with Crippen molar-refractivity contribution in [2.24, 2.45) is 0 Å². The van der Waals surface area contributed by atoms with E-state index in [1.807, 2.05) is 0 Å². The van der Waals surface area contributed by atoms with Gasteiger partial charge < -0.3 is 10.1 Å². The second-order valence-electron chi connectivity index (χ2n) is 3.48. The van der Waals surface area contributed by atoms with Crippen LogP contribution >= 0.6 is 0 Å². The monoisotopic (exact) mass is 235 g/mol. The molecule has 0 fully saturated rings. The summed E-state index contributed by atoms with van der Waals surface area (Å²) < 4.78 is 31.3. The third-order valence-electron chi connectivity index (χ3n) is 2.30. The largest absolute Gasteiger partial charge is 0.497 e. The average Bonchev–Trinajstić information content (AvgIpc) is 2.35. The highest BCUT2D eigenvalue weighted by Crippen LogP contribution is 2.22. The van der Waals surface area contributed by atoms with Gasteiger partial charge in [0.05, 0.1) is 12.8 Å². The summed E-state index contributed by atoms with van der Waals surface area (Å²) in [5, 5.41) is 2.79. The maximum Gasteiger partial charge on any atom is 0.146 e. The van der Waals surface area contributed by atoms with E-state index in [1.165, 1.54) is 0 Å². The Labute approximate surface area is 97.8 Å². The fraction of sp³-hybridized carbons (Fsp3) is 0.0769. The Balaban J connectivity index is 2.22. The van der Waals surface area contributed by atoms with Crippen LogP contribution in [0.3, 0.4) is 0 Å². The van der Waals surface area contributed by atoms with Crippen LogP contribution in [0, 0.1) is 11.6 Å². The molecule has 0 radical (unpaired) electrons. The lowest BCUT2D eigenvalue weighted by Crippen LogP contribution is -1.94. The molecule has 4 heteroatoms. The molecule has 88 valence electrons. The number of ether oxygens (including phenoxy) is 1. The quantitative estimate of drug-likeness (QED) is 0.875. The summed E-state index contributed by atoms with van der Waals surface area (Å²) in [6.07, 6.45) is 0. The molecule has 2 aromatic rings. The number of methoxy groups -OCH3 is 1. The fourth-order valence-electron chi connectivity index (χ4n) is 1.42. The molecule has 2 rings (SSSR count). The van der Waals surface area contributed by atoms with Gasteiger partial charge >= 0.3 is 0 Å². The van der Waals surface area contributed by atoms with Crippen molar-refractivity contribution in [2.75, 3.05) is 12.4 Å². The molecule has 17 heavy (non-hydrogen) atoms. The van der Waals surface area contributed by atoms with Crippen LogP contribution in [0.5, 0.6) is 5.75 Å². The molecule has 2 aromatic carbocycles. The van der Waals surface area contributed by atoms with E-state index in [4.69, 9.17) is 4.74 Å². The van der Waals surface area contributed by atoms with Crippen LogP contribution in [0.2, 0.25) is 0 Å². The van der Waals surface area contributed by atoms with Gasteiger partial charge in [0.1, 0.15) is 17.4 Å². The van der Waals surface area contributed by atoms with Gasteiger partial charge in [0.15, 0.2) is 0 Å². The molecule has 0 atom stereocenters. The van der Waals surface area contributed by atoms with E-state index in [0.29, 0.717) is 11.4 Å². The summed E-state index contributed by atoms with van der Waals surface area (Å²) in [5.41, 5.74) is 0.769. The van der Waals surface area contributed by atoms with Crippen LogP contribution in [0.15, 0.2) is 42.5 Å². The zero-order valence-electron chi connectivity index (χ0n) is 9.21. The zero-order valence-corrected chi connectivity index (χ0v) is 9.21. The number of benzene rings is 2. The van der Waals surface area contributed by atoms with E-state index in [2.05, 4.69) is 5.32 Å². The highest BCUT2D eigenvalue weighted by atomic mass is 19.1. The summed E-state index contributed by atoms with van der Waals surface area (Å²) in [6.45, 7) is 0. The smallest absolute Gasteiger partial charge is 0.146 e. The molecule has 0 aromatic heterocycles. The first-order chi connectivity index (χ1) is 8.19. The Bertz CT molecular complexity index is 511. The van der Waals surface area contributed by atoms with Crippen molar-refractivity contribution < 1.29 is 13.5 Å². The minimum Gasteiger partial charge on any atom is -0.497 e. The molecule has 0 spiro atoms. The van der Waals surface area contributed by atoms with Crippen LogP contribution in [0.25, 0.3) is 0 Å². The van der Waals surface area contributed by atoms with Crippen molar-refractivity contribution in [1.82, 2.24) is 0 Å². The molecule has 0 unspecified atom stereocenters. The Kier molecular flexibility index (Phi) is 3.23. The van der Waals surface area contributed by atoms with E-state index in [9.17, 15) is 8.78 Å². The van der Waals surface area contributed by atoms with E-state index >= 15 is 0 Å². The zero-order chi connectivity index (χ0) is 12.3. The maximum atomic E-state index is 13.3. The summed E-state index contributed by atoms with van der Waals surface area (Å²) in [5.74, 6) is -0.278. The number of halogens is 2. The molecule has 1 N–H and O–H groups in total. The molecule has 0 saturated heterocycles. The average molecular weight is 235 g/mol. The minimum absolute atomic E-state index is 0.107. The Hall–Kier alpha value is -2.10. The third kappa shape index (κ3) is 2.72. The Morgan fingerprint density at radius 1 is 1.00 bits per heavy atom. The molecule has 0 aliphatic carbocycles. The maximum absolute atomic E-state index is 13.3. The van der Waals surface area contributed by atoms with Crippen molar-refractivity contribution in [1.29, 1.82) is 0 Å². The van der Waals surface area contributed by atoms with Crippen LogP contribution in [-0.4, -0.2) is 7.11 Å². The van der Waals surface area contributed by atoms with Crippen LogP contribution in [-0.2, 0) is 0 Å². The van der Waals surface area contributed by atoms with Gasteiger partial charge in [-0.2, -0.15) is 0 Å². The molecule has 0 amide bonds. The SMILES string of the molecule is COc1ccc(Nc2cc(F)ccc2F)cc1. The van der Waals surface area contributed by atoms with Crippen LogP contribution < -0.4 is 10.1 Å². The van der Waals surface area contributed by atoms with E-state index in [1.54, 1.807) is 31.4 Å². The summed E-state index contributed by atoms with van der Waals surface area (Å²) in [7, 11) is 1.56. The highest BCUT2D eigenvalue weighted by Gasteiger charge is 2.04. The predicted molar refractivity (Wildman–Crippen MR) is 62.6 cm³/mol. The number of nitrogens with one attached hydrogen (secondary N) is 1. The molecule has 2 nitrogen and oxygen atoms in total. The van der Waals surface area contributed by atoms with Gasteiger partial charge in [0.2, 0.25) is 0 Å². The van der Waals surface area contributed by atoms with Crippen molar-refractivity contribution in [3.05, 3.63) is 54.1 Å². The van der Waals surface area contributed by atoms with Crippen LogP contribution in [0.4, 0.5) is 20.2 Å². The predicted octanol–water partition coefficient (Wildman–Crippen LogP) is 3.72. The van der Waals surface area contributed by atoms with Gasteiger partial charge in [-0.15, -0.1) is 0 Å². The van der Waals surface area contributed by atoms with E-state index < -0.39 is 11.6 Å². The van der Waals surface area contributed by atoms with E-state index in [0.717, 1.165) is 18.2 Å². The van der Waals surface area contributed by atoms with E-state index in [-0.39, 0.29) is 5.69 Å². The van der Waals surface area contributed by atoms with Crippen molar-refractivity contribution >= 4 is 11.4 Å². The summed E-state index contributed by atoms with van der Waals surface area (Å²) in [6, 6.07) is 10.2. The lowest BCUT2D eigenvalue weighted by molar-refractivity contribution is 0.415. The normalized spacial score (nSPS) is 10.1. The standard InChI is InChI=1S/C13H11F2NO/c1-17-11-5-3-10(4-6-11)16-13-8-9(14)2-7-12(13)15/h2-8,16H,1H3. The Morgan fingerprint density at radius 2 is 1.71 bits per heavy atom. The molecule has 0 aliphatic heterocycles. The fourth-order valence-corrected chi connectivity index (χ4v) is 1.42. The third-order valence-corrected chi connectivity index (χ3v) is 2.30. The van der Waals surface area contributed by atoms with Gasteiger partial charge in [-0.05, 0) is 36.4 Å². The lowest BCUT2D eigenvalue weighted by atomic mass is 10.2. The van der Waals surface area contributed by atoms with Crippen molar-refractivity contribution in [2.45, 2.75) is 0 Å². The molecule has 0 heterocycles. The number of rotatable bonds is 3. The summed E-state index contributed by atoms with van der Waals surface area (Å²) >= 11 is 0. The first-order valence-electron chi connectivity index (χ1n) is 5.05. The summed E-state index contributed by atoms with van der Waals surface area (Å²) in [4.78, 5) is 0. The number of hydrogen-bond acceptors (Lipinski definition) is 2. The molecular weight excluding hydrogens is 224 g/mol. The Morgan fingerprint density at radius 3 is 2.35 bits per heavy atom. The second-order valence-corrected chi connectivity index (χ2v) is 3.48. The van der Waals surface area contributed by atoms with Crippen molar-refractivity contribution in [3.63, 3.8) is 0 Å². The van der Waals surface area contributed by atoms with Crippen molar-refractivity contribution in [3.8, 4) is 5.75 Å². The van der Waals surface area contributed by atoms with Gasteiger partial charge in [-0.3, -0.25) is 0 Å². The van der Waals surface area contributed by atoms with Gasteiger partial charge in [-0.25, -0.2) is 8.78 Å². The first kappa shape index (κ1) is 11.4. The number of anilines is 2. The lowest BCUT2D eigenvalue weighted by Gasteiger charge is -2.08. The van der Waals surface area contributed by atoms with Gasteiger partial charge in [-0.1, -0.05) is 0 Å². The topological polar surface area (TPSA) is 21.3 Å². The highest BCUT2D eigenvalue weighted by molar-refractivity contribution is 5.60. The van der Waals surface area contributed by atoms with Crippen LogP contribution in [0.1, 0.15) is 0 Å². The molecule has 0 bridgehead atoms. The van der Waals surface area contributed by atoms with Gasteiger partial charge in [0.25, 0.3) is 0 Å². The number of hydrogen-bond donors (Lipinski definition) is 1. The van der Waals surface area contributed by atoms with Gasteiger partial charge in [0, 0.05) is 11.8 Å². The minimum atomic E-state index is -0.498.